The number of aryl methyl sites for hydroxylation is 1. The van der Waals surface area contributed by atoms with Crippen molar-refractivity contribution in [3.05, 3.63) is 59.9 Å². The summed E-state index contributed by atoms with van der Waals surface area (Å²) < 4.78 is 11.3. The van der Waals surface area contributed by atoms with E-state index >= 15 is 0 Å². The Hall–Kier alpha value is -3.09. The molecule has 1 aromatic heterocycles. The molecule has 0 aliphatic rings. The highest BCUT2D eigenvalue weighted by Gasteiger charge is 2.22. The molecule has 0 aliphatic carbocycles. The molecule has 25 heavy (non-hydrogen) atoms. The van der Waals surface area contributed by atoms with Crippen molar-refractivity contribution in [1.82, 2.24) is 9.88 Å². The van der Waals surface area contributed by atoms with Gasteiger partial charge < -0.3 is 19.4 Å². The lowest BCUT2D eigenvalue weighted by Crippen LogP contribution is -2.44. The molecule has 0 saturated heterocycles. The summed E-state index contributed by atoms with van der Waals surface area (Å²) >= 11 is 0. The highest BCUT2D eigenvalue weighted by Crippen LogP contribution is 2.05. The van der Waals surface area contributed by atoms with Crippen LogP contribution in [0.15, 0.2) is 48.7 Å². The van der Waals surface area contributed by atoms with E-state index in [0.29, 0.717) is 5.69 Å². The number of carbonyl (C=O) groups is 3. The second kappa shape index (κ2) is 8.68. The summed E-state index contributed by atoms with van der Waals surface area (Å²) in [6, 6.07) is 11.7. The van der Waals surface area contributed by atoms with E-state index in [1.807, 2.05) is 30.3 Å². The molecule has 2 aromatic rings. The number of carbonyl (C=O) groups excluding carboxylic acids is 3. The molecule has 7 nitrogen and oxygen atoms in total. The topological polar surface area (TPSA) is 86.6 Å². The molecular formula is C18H20N2O5. The minimum Gasteiger partial charge on any atom is -0.467 e. The fraction of sp³-hybridized carbons (Fsp3) is 0.278. The van der Waals surface area contributed by atoms with Gasteiger partial charge in [0.1, 0.15) is 11.7 Å². The van der Waals surface area contributed by atoms with Crippen molar-refractivity contribution < 1.29 is 23.9 Å². The fourth-order valence-electron chi connectivity index (χ4n) is 2.30. The van der Waals surface area contributed by atoms with E-state index in [2.05, 4.69) is 5.32 Å². The van der Waals surface area contributed by atoms with E-state index in [9.17, 15) is 14.4 Å². The molecule has 0 fully saturated rings. The summed E-state index contributed by atoms with van der Waals surface area (Å²) in [5, 5.41) is 2.53. The van der Waals surface area contributed by atoms with E-state index in [-0.39, 0.29) is 6.42 Å². The van der Waals surface area contributed by atoms with Crippen LogP contribution in [0.25, 0.3) is 0 Å². The van der Waals surface area contributed by atoms with Crippen molar-refractivity contribution >= 4 is 17.8 Å². The first-order valence-electron chi connectivity index (χ1n) is 7.71. The van der Waals surface area contributed by atoms with Crippen LogP contribution in [-0.4, -0.2) is 42.2 Å². The third-order valence-corrected chi connectivity index (χ3v) is 3.59. The molecule has 1 amide bonds. The molecule has 0 aliphatic heterocycles. The Balaban J connectivity index is 1.91. The normalized spacial score (nSPS) is 11.4. The van der Waals surface area contributed by atoms with Crippen LogP contribution < -0.4 is 5.32 Å². The van der Waals surface area contributed by atoms with Gasteiger partial charge in [-0.3, -0.25) is 4.79 Å². The van der Waals surface area contributed by atoms with Gasteiger partial charge in [-0.1, -0.05) is 30.3 Å². The number of esters is 2. The van der Waals surface area contributed by atoms with Crippen LogP contribution in [-0.2, 0) is 32.5 Å². The second-order valence-electron chi connectivity index (χ2n) is 5.41. The van der Waals surface area contributed by atoms with Gasteiger partial charge in [-0.05, 0) is 17.7 Å². The van der Waals surface area contributed by atoms with Crippen LogP contribution in [0, 0.1) is 0 Å². The number of nitrogens with one attached hydrogen (secondary N) is 1. The SMILES string of the molecule is COC(=O)[C@@H](Cc1ccccc1)NC(=O)COC(=O)c1cccn1C. The molecule has 1 N–H and O–H groups in total. The van der Waals surface area contributed by atoms with Crippen molar-refractivity contribution in [3.8, 4) is 0 Å². The van der Waals surface area contributed by atoms with E-state index in [4.69, 9.17) is 9.47 Å². The number of hydrogen-bond donors (Lipinski definition) is 1. The Morgan fingerprint density at radius 3 is 2.44 bits per heavy atom. The molecule has 0 unspecified atom stereocenters. The van der Waals surface area contributed by atoms with Gasteiger partial charge in [0.25, 0.3) is 5.91 Å². The molecule has 0 radical (unpaired) electrons. The number of aromatic nitrogens is 1. The largest absolute Gasteiger partial charge is 0.467 e. The molecule has 1 atom stereocenters. The Morgan fingerprint density at radius 2 is 1.84 bits per heavy atom. The Labute approximate surface area is 145 Å². The van der Waals surface area contributed by atoms with E-state index in [1.165, 1.54) is 7.11 Å². The quantitative estimate of drug-likeness (QED) is 0.760. The van der Waals surface area contributed by atoms with Crippen molar-refractivity contribution in [2.45, 2.75) is 12.5 Å². The van der Waals surface area contributed by atoms with Crippen molar-refractivity contribution in [3.63, 3.8) is 0 Å². The lowest BCUT2D eigenvalue weighted by atomic mass is 10.1. The number of hydrogen-bond acceptors (Lipinski definition) is 5. The monoisotopic (exact) mass is 344 g/mol. The maximum Gasteiger partial charge on any atom is 0.355 e. The molecule has 1 heterocycles. The van der Waals surface area contributed by atoms with Crippen LogP contribution in [0.5, 0.6) is 0 Å². The van der Waals surface area contributed by atoms with Crippen molar-refractivity contribution in [2.75, 3.05) is 13.7 Å². The summed E-state index contributed by atoms with van der Waals surface area (Å²) in [6.45, 7) is -0.480. The zero-order valence-corrected chi connectivity index (χ0v) is 14.1. The van der Waals surface area contributed by atoms with Gasteiger partial charge in [0.05, 0.1) is 7.11 Å². The highest BCUT2D eigenvalue weighted by atomic mass is 16.5. The van der Waals surface area contributed by atoms with Crippen LogP contribution >= 0.6 is 0 Å². The van der Waals surface area contributed by atoms with Gasteiger partial charge in [0.15, 0.2) is 6.61 Å². The standard InChI is InChI=1S/C18H20N2O5/c1-20-10-6-9-15(20)18(23)25-12-16(21)19-14(17(22)24-2)11-13-7-4-3-5-8-13/h3-10,14H,11-12H2,1-2H3,(H,19,21)/t14-/m1/s1. The average Bonchev–Trinajstić information content (AvgIpc) is 3.05. The van der Waals surface area contributed by atoms with Crippen molar-refractivity contribution in [2.24, 2.45) is 7.05 Å². The molecular weight excluding hydrogens is 324 g/mol. The third kappa shape index (κ3) is 5.20. The summed E-state index contributed by atoms with van der Waals surface area (Å²) in [5.74, 6) is -1.75. The summed E-state index contributed by atoms with van der Waals surface area (Å²) in [7, 11) is 2.95. The van der Waals surface area contributed by atoms with Crippen LogP contribution in [0.2, 0.25) is 0 Å². The molecule has 2 rings (SSSR count). The first-order valence-corrected chi connectivity index (χ1v) is 7.71. The Kier molecular flexibility index (Phi) is 6.33. The number of methoxy groups -OCH3 is 1. The average molecular weight is 344 g/mol. The van der Waals surface area contributed by atoms with Gasteiger partial charge in [-0.25, -0.2) is 9.59 Å². The van der Waals surface area contributed by atoms with Gasteiger partial charge in [-0.2, -0.15) is 0 Å². The predicted octanol–water partition coefficient (Wildman–Crippen LogP) is 1.08. The number of nitrogens with zero attached hydrogens (tertiary/aromatic N) is 1. The lowest BCUT2D eigenvalue weighted by molar-refractivity contribution is -0.145. The molecule has 0 spiro atoms. The molecule has 132 valence electrons. The minimum atomic E-state index is -0.853. The molecule has 0 saturated carbocycles. The maximum atomic E-state index is 12.0. The van der Waals surface area contributed by atoms with E-state index in [1.54, 1.807) is 29.9 Å². The second-order valence-corrected chi connectivity index (χ2v) is 5.41. The summed E-state index contributed by atoms with van der Waals surface area (Å²) in [6.07, 6.45) is 1.98. The van der Waals surface area contributed by atoms with Gasteiger partial charge in [-0.15, -0.1) is 0 Å². The van der Waals surface area contributed by atoms with Gasteiger partial charge in [0, 0.05) is 19.7 Å². The van der Waals surface area contributed by atoms with Gasteiger partial charge in [0.2, 0.25) is 0 Å². The summed E-state index contributed by atoms with van der Waals surface area (Å²) in [4.78, 5) is 35.8. The van der Waals surface area contributed by atoms with E-state index < -0.39 is 30.5 Å². The zero-order valence-electron chi connectivity index (χ0n) is 14.1. The first kappa shape index (κ1) is 18.3. The first-order chi connectivity index (χ1) is 12.0. The van der Waals surface area contributed by atoms with Crippen molar-refractivity contribution in [1.29, 1.82) is 0 Å². The number of rotatable bonds is 7. The highest BCUT2D eigenvalue weighted by molar-refractivity contribution is 5.91. The van der Waals surface area contributed by atoms with E-state index in [0.717, 1.165) is 5.56 Å². The maximum absolute atomic E-state index is 12.0. The lowest BCUT2D eigenvalue weighted by Gasteiger charge is -2.16. The number of benzene rings is 1. The van der Waals surface area contributed by atoms with Crippen LogP contribution in [0.3, 0.4) is 0 Å². The smallest absolute Gasteiger partial charge is 0.355 e. The van der Waals surface area contributed by atoms with Crippen LogP contribution in [0.4, 0.5) is 0 Å². The predicted molar refractivity (Wildman–Crippen MR) is 89.8 cm³/mol. The summed E-state index contributed by atoms with van der Waals surface area (Å²) in [5.41, 5.74) is 1.21. The minimum absolute atomic E-state index is 0.283. The van der Waals surface area contributed by atoms with Gasteiger partial charge >= 0.3 is 11.9 Å². The number of ether oxygens (including phenoxy) is 2. The molecule has 0 bridgehead atoms. The van der Waals surface area contributed by atoms with Crippen LogP contribution in [0.1, 0.15) is 16.1 Å². The Bertz CT molecular complexity index is 739. The zero-order chi connectivity index (χ0) is 18.2. The Morgan fingerprint density at radius 1 is 1.12 bits per heavy atom. The fourth-order valence-corrected chi connectivity index (χ4v) is 2.30. The molecule has 7 heteroatoms. The molecule has 1 aromatic carbocycles. The number of amides is 1. The third-order valence-electron chi connectivity index (χ3n) is 3.59.